The molecule has 148 valence electrons. The first-order chi connectivity index (χ1) is 12.0. The summed E-state index contributed by atoms with van der Waals surface area (Å²) in [6.07, 6.45) is 11.9. The zero-order chi connectivity index (χ0) is 19.1. The van der Waals surface area contributed by atoms with E-state index in [0.29, 0.717) is 6.61 Å². The number of amides is 1. The van der Waals surface area contributed by atoms with Gasteiger partial charge in [0.1, 0.15) is 6.04 Å². The van der Waals surface area contributed by atoms with E-state index in [1.54, 1.807) is 7.05 Å². The van der Waals surface area contributed by atoms with Crippen LogP contribution in [0, 0.1) is 5.92 Å². The Bertz CT molecular complexity index is 358. The van der Waals surface area contributed by atoms with Crippen LogP contribution in [0.15, 0.2) is 0 Å². The van der Waals surface area contributed by atoms with Crippen molar-refractivity contribution in [2.45, 2.75) is 91.0 Å². The summed E-state index contributed by atoms with van der Waals surface area (Å²) in [5, 5.41) is 0. The van der Waals surface area contributed by atoms with Crippen LogP contribution in [0.5, 0.6) is 0 Å². The number of ether oxygens (including phenoxy) is 2. The van der Waals surface area contributed by atoms with E-state index in [-0.39, 0.29) is 11.9 Å². The summed E-state index contributed by atoms with van der Waals surface area (Å²) in [5.74, 6) is -0.372. The second-order valence-electron chi connectivity index (χ2n) is 7.12. The zero-order valence-electron chi connectivity index (χ0n) is 17.0. The standard InChI is InChI=1S/C20H39NO4/c1-6-7-8-9-10-11-12-13-14-15-16-25-19(22)18(17(2)3)21(4)20(23)24-5/h17-18H,6-16H2,1-5H3. The average molecular weight is 358 g/mol. The van der Waals surface area contributed by atoms with Crippen LogP contribution in [0.4, 0.5) is 4.79 Å². The molecule has 0 saturated heterocycles. The maximum Gasteiger partial charge on any atom is 0.409 e. The molecule has 1 atom stereocenters. The predicted octanol–water partition coefficient (Wildman–Crippen LogP) is 5.17. The molecule has 5 heteroatoms. The molecule has 0 heterocycles. The lowest BCUT2D eigenvalue weighted by atomic mass is 10.0. The van der Waals surface area contributed by atoms with Crippen molar-refractivity contribution in [3.63, 3.8) is 0 Å². The molecule has 0 aliphatic rings. The summed E-state index contributed by atoms with van der Waals surface area (Å²) in [7, 11) is 2.88. The highest BCUT2D eigenvalue weighted by Crippen LogP contribution is 2.14. The Morgan fingerprint density at radius 2 is 1.36 bits per heavy atom. The fraction of sp³-hybridized carbons (Fsp3) is 0.900. The molecule has 0 aromatic rings. The molecule has 0 aromatic carbocycles. The van der Waals surface area contributed by atoms with Crippen LogP contribution in [0.2, 0.25) is 0 Å². The van der Waals surface area contributed by atoms with Gasteiger partial charge in [0, 0.05) is 7.05 Å². The van der Waals surface area contributed by atoms with E-state index >= 15 is 0 Å². The van der Waals surface area contributed by atoms with Crippen LogP contribution in [0.25, 0.3) is 0 Å². The van der Waals surface area contributed by atoms with Crippen LogP contribution in [0.3, 0.4) is 0 Å². The molecule has 0 saturated carbocycles. The summed E-state index contributed by atoms with van der Waals surface area (Å²) >= 11 is 0. The number of carbonyl (C=O) groups excluding carboxylic acids is 2. The first-order valence-electron chi connectivity index (χ1n) is 9.93. The SMILES string of the molecule is CCCCCCCCCCCCOC(=O)C(C(C)C)N(C)C(=O)OC. The Morgan fingerprint density at radius 1 is 0.880 bits per heavy atom. The van der Waals surface area contributed by atoms with Crippen molar-refractivity contribution >= 4 is 12.1 Å². The van der Waals surface area contributed by atoms with E-state index in [0.717, 1.165) is 12.8 Å². The predicted molar refractivity (Wildman–Crippen MR) is 102 cm³/mol. The quantitative estimate of drug-likeness (QED) is 0.318. The lowest BCUT2D eigenvalue weighted by molar-refractivity contribution is -0.150. The highest BCUT2D eigenvalue weighted by Gasteiger charge is 2.31. The fourth-order valence-corrected chi connectivity index (χ4v) is 2.98. The maximum atomic E-state index is 12.2. The van der Waals surface area contributed by atoms with E-state index in [9.17, 15) is 9.59 Å². The second-order valence-corrected chi connectivity index (χ2v) is 7.12. The van der Waals surface area contributed by atoms with Crippen LogP contribution in [0.1, 0.15) is 85.0 Å². The first-order valence-corrected chi connectivity index (χ1v) is 9.93. The van der Waals surface area contributed by atoms with Crippen LogP contribution < -0.4 is 0 Å². The van der Waals surface area contributed by atoms with Crippen LogP contribution >= 0.6 is 0 Å². The van der Waals surface area contributed by atoms with Gasteiger partial charge in [-0.2, -0.15) is 0 Å². The third-order valence-electron chi connectivity index (χ3n) is 4.50. The monoisotopic (exact) mass is 357 g/mol. The van der Waals surface area contributed by atoms with Crippen molar-refractivity contribution < 1.29 is 19.1 Å². The van der Waals surface area contributed by atoms with E-state index in [4.69, 9.17) is 4.74 Å². The van der Waals surface area contributed by atoms with Crippen LogP contribution in [-0.2, 0) is 14.3 Å². The normalized spacial score (nSPS) is 12.1. The van der Waals surface area contributed by atoms with E-state index in [1.807, 2.05) is 13.8 Å². The van der Waals surface area contributed by atoms with Crippen molar-refractivity contribution in [2.24, 2.45) is 5.92 Å². The molecule has 0 fully saturated rings. The number of hydrogen-bond donors (Lipinski definition) is 0. The van der Waals surface area contributed by atoms with Gasteiger partial charge in [-0.3, -0.25) is 4.90 Å². The van der Waals surface area contributed by atoms with Gasteiger partial charge in [-0.05, 0) is 12.3 Å². The van der Waals surface area contributed by atoms with E-state index < -0.39 is 12.1 Å². The molecule has 1 unspecified atom stereocenters. The Morgan fingerprint density at radius 3 is 1.80 bits per heavy atom. The van der Waals surface area contributed by atoms with Gasteiger partial charge < -0.3 is 9.47 Å². The number of likely N-dealkylation sites (N-methyl/N-ethyl adjacent to an activating group) is 1. The fourth-order valence-electron chi connectivity index (χ4n) is 2.98. The van der Waals surface area contributed by atoms with Crippen molar-refractivity contribution in [3.05, 3.63) is 0 Å². The molecular weight excluding hydrogens is 318 g/mol. The summed E-state index contributed by atoms with van der Waals surface area (Å²) in [6, 6.07) is -0.601. The molecule has 0 aromatic heterocycles. The molecule has 0 spiro atoms. The largest absolute Gasteiger partial charge is 0.464 e. The summed E-state index contributed by atoms with van der Waals surface area (Å²) in [5.41, 5.74) is 0. The number of unbranched alkanes of at least 4 members (excludes halogenated alkanes) is 9. The van der Waals surface area contributed by atoms with Crippen molar-refractivity contribution in [2.75, 3.05) is 20.8 Å². The minimum atomic E-state index is -0.601. The maximum absolute atomic E-state index is 12.2. The minimum absolute atomic E-state index is 0.0238. The van der Waals surface area contributed by atoms with Gasteiger partial charge in [-0.15, -0.1) is 0 Å². The number of nitrogens with zero attached hydrogens (tertiary/aromatic N) is 1. The summed E-state index contributed by atoms with van der Waals surface area (Å²) in [6.45, 7) is 6.45. The van der Waals surface area contributed by atoms with Gasteiger partial charge in [0.2, 0.25) is 0 Å². The van der Waals surface area contributed by atoms with Gasteiger partial charge in [0.05, 0.1) is 13.7 Å². The number of esters is 1. The third kappa shape index (κ3) is 11.1. The molecule has 0 aliphatic carbocycles. The molecule has 0 N–H and O–H groups in total. The highest BCUT2D eigenvalue weighted by atomic mass is 16.6. The van der Waals surface area contributed by atoms with Crippen molar-refractivity contribution in [1.29, 1.82) is 0 Å². The van der Waals surface area contributed by atoms with Crippen LogP contribution in [-0.4, -0.2) is 43.8 Å². The lowest BCUT2D eigenvalue weighted by Gasteiger charge is -2.28. The van der Waals surface area contributed by atoms with Gasteiger partial charge in [0.15, 0.2) is 0 Å². The molecule has 5 nitrogen and oxygen atoms in total. The van der Waals surface area contributed by atoms with E-state index in [1.165, 1.54) is 63.4 Å². The van der Waals surface area contributed by atoms with Crippen molar-refractivity contribution in [3.8, 4) is 0 Å². The third-order valence-corrected chi connectivity index (χ3v) is 4.50. The van der Waals surface area contributed by atoms with Gasteiger partial charge in [0.25, 0.3) is 0 Å². The van der Waals surface area contributed by atoms with Gasteiger partial charge >= 0.3 is 12.1 Å². The summed E-state index contributed by atoms with van der Waals surface area (Å²) in [4.78, 5) is 25.2. The summed E-state index contributed by atoms with van der Waals surface area (Å²) < 4.78 is 10.0. The average Bonchev–Trinajstić information content (AvgIpc) is 2.58. The molecule has 25 heavy (non-hydrogen) atoms. The first kappa shape index (κ1) is 23.7. The highest BCUT2D eigenvalue weighted by molar-refractivity contribution is 5.81. The van der Waals surface area contributed by atoms with Crippen molar-refractivity contribution in [1.82, 2.24) is 4.90 Å². The molecule has 0 rings (SSSR count). The Kier molecular flexibility index (Phi) is 14.3. The van der Waals surface area contributed by atoms with Gasteiger partial charge in [-0.1, -0.05) is 78.6 Å². The smallest absolute Gasteiger partial charge is 0.409 e. The number of rotatable bonds is 14. The molecule has 0 bridgehead atoms. The Labute approximate surface area is 154 Å². The number of carbonyl (C=O) groups is 2. The minimum Gasteiger partial charge on any atom is -0.464 e. The molecule has 0 aliphatic heterocycles. The Balaban J connectivity index is 3.81. The molecule has 1 amide bonds. The number of methoxy groups -OCH3 is 1. The lowest BCUT2D eigenvalue weighted by Crippen LogP contribution is -2.46. The van der Waals surface area contributed by atoms with Gasteiger partial charge in [-0.25, -0.2) is 9.59 Å². The Hall–Kier alpha value is -1.26. The number of hydrogen-bond acceptors (Lipinski definition) is 4. The zero-order valence-corrected chi connectivity index (χ0v) is 17.0. The second kappa shape index (κ2) is 15.0. The molecule has 0 radical (unpaired) electrons. The van der Waals surface area contributed by atoms with E-state index in [2.05, 4.69) is 11.7 Å². The molecular formula is C20H39NO4. The topological polar surface area (TPSA) is 55.8 Å².